The molecule has 0 spiro atoms. The summed E-state index contributed by atoms with van der Waals surface area (Å²) in [7, 11) is 1.69. The molecule has 0 saturated heterocycles. The number of hydrogen-bond acceptors (Lipinski definition) is 3. The van der Waals surface area contributed by atoms with Gasteiger partial charge < -0.3 is 14.7 Å². The number of carbonyl (C=O) groups is 1. The molecule has 1 rings (SSSR count). The molecule has 4 nitrogen and oxygen atoms in total. The number of ether oxygens (including phenoxy) is 1. The van der Waals surface area contributed by atoms with E-state index < -0.39 is 5.97 Å². The van der Waals surface area contributed by atoms with Crippen molar-refractivity contribution < 1.29 is 14.6 Å². The molecule has 0 heterocycles. The first-order chi connectivity index (χ1) is 9.01. The second-order valence-electron chi connectivity index (χ2n) is 4.75. The molecule has 0 aromatic heterocycles. The first-order valence-corrected chi connectivity index (χ1v) is 6.60. The summed E-state index contributed by atoms with van der Waals surface area (Å²) in [5, 5.41) is 9.06. The molecule has 1 aromatic carbocycles. The van der Waals surface area contributed by atoms with Crippen molar-refractivity contribution in [2.24, 2.45) is 0 Å². The Morgan fingerprint density at radius 1 is 1.47 bits per heavy atom. The van der Waals surface area contributed by atoms with Gasteiger partial charge in [0, 0.05) is 25.4 Å². The zero-order valence-electron chi connectivity index (χ0n) is 12.1. The lowest BCUT2D eigenvalue weighted by atomic mass is 10.1. The van der Waals surface area contributed by atoms with Crippen LogP contribution in [-0.2, 0) is 4.74 Å². The third-order valence-corrected chi connectivity index (χ3v) is 3.43. The summed E-state index contributed by atoms with van der Waals surface area (Å²) in [5.74, 6) is -0.879. The van der Waals surface area contributed by atoms with Crippen molar-refractivity contribution in [2.75, 3.05) is 25.2 Å². The predicted octanol–water partition coefficient (Wildman–Crippen LogP) is 2.94. The SMILES string of the molecule is CCC(C)N(CCOC)c1ccc(C(=O)O)c(C)c1. The minimum Gasteiger partial charge on any atom is -0.478 e. The van der Waals surface area contributed by atoms with Crippen molar-refractivity contribution in [3.05, 3.63) is 29.3 Å². The van der Waals surface area contributed by atoms with E-state index >= 15 is 0 Å². The molecule has 0 amide bonds. The summed E-state index contributed by atoms with van der Waals surface area (Å²) in [6, 6.07) is 5.88. The van der Waals surface area contributed by atoms with Crippen LogP contribution in [0.5, 0.6) is 0 Å². The van der Waals surface area contributed by atoms with Crippen molar-refractivity contribution in [1.29, 1.82) is 0 Å². The number of aromatic carboxylic acids is 1. The fourth-order valence-corrected chi connectivity index (χ4v) is 2.08. The van der Waals surface area contributed by atoms with Gasteiger partial charge in [0.05, 0.1) is 12.2 Å². The van der Waals surface area contributed by atoms with Crippen LogP contribution < -0.4 is 4.90 Å². The first-order valence-electron chi connectivity index (χ1n) is 6.60. The largest absolute Gasteiger partial charge is 0.478 e. The molecular formula is C15H23NO3. The van der Waals surface area contributed by atoms with Crippen LogP contribution in [0.4, 0.5) is 5.69 Å². The zero-order valence-corrected chi connectivity index (χ0v) is 12.1. The standard InChI is InChI=1S/C15H23NO3/c1-5-12(3)16(8-9-19-4)13-6-7-14(15(17)18)11(2)10-13/h6-7,10,12H,5,8-9H2,1-4H3,(H,17,18). The number of carboxylic acid groups (broad SMARTS) is 1. The number of benzene rings is 1. The average molecular weight is 265 g/mol. The molecule has 1 atom stereocenters. The summed E-state index contributed by atoms with van der Waals surface area (Å²) < 4.78 is 5.14. The van der Waals surface area contributed by atoms with Crippen LogP contribution in [0.2, 0.25) is 0 Å². The van der Waals surface area contributed by atoms with Crippen LogP contribution in [0.25, 0.3) is 0 Å². The van der Waals surface area contributed by atoms with Crippen molar-refractivity contribution in [1.82, 2.24) is 0 Å². The van der Waals surface area contributed by atoms with Crippen LogP contribution in [0.1, 0.15) is 36.2 Å². The maximum absolute atomic E-state index is 11.0. The fourth-order valence-electron chi connectivity index (χ4n) is 2.08. The minimum absolute atomic E-state index is 0.361. The predicted molar refractivity (Wildman–Crippen MR) is 77.1 cm³/mol. The highest BCUT2D eigenvalue weighted by Crippen LogP contribution is 2.22. The Labute approximate surface area is 115 Å². The topological polar surface area (TPSA) is 49.8 Å². The molecule has 0 bridgehead atoms. The smallest absolute Gasteiger partial charge is 0.335 e. The van der Waals surface area contributed by atoms with E-state index in [1.807, 2.05) is 19.1 Å². The molecule has 1 aromatic rings. The van der Waals surface area contributed by atoms with E-state index in [9.17, 15) is 4.79 Å². The Kier molecular flexibility index (Phi) is 5.83. The molecule has 19 heavy (non-hydrogen) atoms. The third kappa shape index (κ3) is 3.96. The van der Waals surface area contributed by atoms with Crippen molar-refractivity contribution in [2.45, 2.75) is 33.2 Å². The van der Waals surface area contributed by atoms with Gasteiger partial charge in [-0.05, 0) is 44.0 Å². The van der Waals surface area contributed by atoms with E-state index in [1.165, 1.54) is 0 Å². The molecule has 0 aliphatic carbocycles. The molecule has 0 fully saturated rings. The molecule has 1 N–H and O–H groups in total. The lowest BCUT2D eigenvalue weighted by Gasteiger charge is -2.31. The Bertz CT molecular complexity index is 431. The second kappa shape index (κ2) is 7.14. The zero-order chi connectivity index (χ0) is 14.4. The monoisotopic (exact) mass is 265 g/mol. The Balaban J connectivity index is 3.02. The maximum atomic E-state index is 11.0. The van der Waals surface area contributed by atoms with Crippen LogP contribution in [0.3, 0.4) is 0 Å². The fraction of sp³-hybridized carbons (Fsp3) is 0.533. The van der Waals surface area contributed by atoms with Gasteiger partial charge in [-0.2, -0.15) is 0 Å². The Morgan fingerprint density at radius 2 is 2.16 bits per heavy atom. The van der Waals surface area contributed by atoms with Crippen molar-refractivity contribution >= 4 is 11.7 Å². The van der Waals surface area contributed by atoms with E-state index in [1.54, 1.807) is 13.2 Å². The number of methoxy groups -OCH3 is 1. The van der Waals surface area contributed by atoms with Gasteiger partial charge in [0.1, 0.15) is 0 Å². The van der Waals surface area contributed by atoms with Gasteiger partial charge in [0.25, 0.3) is 0 Å². The molecular weight excluding hydrogens is 242 g/mol. The number of hydrogen-bond donors (Lipinski definition) is 1. The molecule has 106 valence electrons. The Hall–Kier alpha value is -1.55. The summed E-state index contributed by atoms with van der Waals surface area (Å²) in [6.45, 7) is 7.60. The normalized spacial score (nSPS) is 12.2. The Morgan fingerprint density at radius 3 is 2.63 bits per heavy atom. The highest BCUT2D eigenvalue weighted by Gasteiger charge is 2.15. The number of aryl methyl sites for hydroxylation is 1. The van der Waals surface area contributed by atoms with Gasteiger partial charge in [0.2, 0.25) is 0 Å². The van der Waals surface area contributed by atoms with Gasteiger partial charge in [-0.15, -0.1) is 0 Å². The molecule has 1 unspecified atom stereocenters. The highest BCUT2D eigenvalue weighted by molar-refractivity contribution is 5.89. The first kappa shape index (κ1) is 15.5. The molecule has 0 saturated carbocycles. The lowest BCUT2D eigenvalue weighted by Crippen LogP contribution is -2.35. The summed E-state index contributed by atoms with van der Waals surface area (Å²) in [5.41, 5.74) is 2.20. The van der Waals surface area contributed by atoms with Gasteiger partial charge in [-0.3, -0.25) is 0 Å². The van der Waals surface area contributed by atoms with E-state index in [2.05, 4.69) is 18.7 Å². The summed E-state index contributed by atoms with van der Waals surface area (Å²) in [4.78, 5) is 13.3. The number of carboxylic acids is 1. The van der Waals surface area contributed by atoms with E-state index in [4.69, 9.17) is 9.84 Å². The van der Waals surface area contributed by atoms with Gasteiger partial charge >= 0.3 is 5.97 Å². The number of rotatable bonds is 7. The molecule has 0 aliphatic rings. The third-order valence-electron chi connectivity index (χ3n) is 3.43. The van der Waals surface area contributed by atoms with Crippen LogP contribution in [-0.4, -0.2) is 37.4 Å². The number of anilines is 1. The molecule has 0 aliphatic heterocycles. The van der Waals surface area contributed by atoms with Gasteiger partial charge in [0.15, 0.2) is 0 Å². The minimum atomic E-state index is -0.879. The quantitative estimate of drug-likeness (QED) is 0.823. The lowest BCUT2D eigenvalue weighted by molar-refractivity contribution is 0.0696. The summed E-state index contributed by atoms with van der Waals surface area (Å²) in [6.07, 6.45) is 1.03. The van der Waals surface area contributed by atoms with E-state index in [-0.39, 0.29) is 0 Å². The molecule has 0 radical (unpaired) electrons. The van der Waals surface area contributed by atoms with E-state index in [0.29, 0.717) is 18.2 Å². The van der Waals surface area contributed by atoms with Crippen LogP contribution >= 0.6 is 0 Å². The molecule has 4 heteroatoms. The number of nitrogens with zero attached hydrogens (tertiary/aromatic N) is 1. The highest BCUT2D eigenvalue weighted by atomic mass is 16.5. The average Bonchev–Trinajstić information content (AvgIpc) is 2.38. The van der Waals surface area contributed by atoms with Crippen LogP contribution in [0.15, 0.2) is 18.2 Å². The van der Waals surface area contributed by atoms with Gasteiger partial charge in [-0.1, -0.05) is 6.92 Å². The van der Waals surface area contributed by atoms with E-state index in [0.717, 1.165) is 24.2 Å². The second-order valence-corrected chi connectivity index (χ2v) is 4.75. The van der Waals surface area contributed by atoms with Crippen LogP contribution in [0, 0.1) is 6.92 Å². The van der Waals surface area contributed by atoms with Crippen molar-refractivity contribution in [3.8, 4) is 0 Å². The summed E-state index contributed by atoms with van der Waals surface area (Å²) >= 11 is 0. The van der Waals surface area contributed by atoms with Gasteiger partial charge in [-0.25, -0.2) is 4.79 Å². The maximum Gasteiger partial charge on any atom is 0.335 e. The van der Waals surface area contributed by atoms with Crippen molar-refractivity contribution in [3.63, 3.8) is 0 Å².